The maximum absolute atomic E-state index is 16.0. The van der Waals surface area contributed by atoms with Crippen molar-refractivity contribution < 1.29 is 9.13 Å². The molecule has 192 valence electrons. The topological polar surface area (TPSA) is 21.3 Å². The second-order valence-electron chi connectivity index (χ2n) is 9.84. The van der Waals surface area contributed by atoms with E-state index in [1.165, 1.54) is 11.1 Å². The lowest BCUT2D eigenvalue weighted by molar-refractivity contribution is 0.0971. The summed E-state index contributed by atoms with van der Waals surface area (Å²) in [6.45, 7) is 1.99. The summed E-state index contributed by atoms with van der Waals surface area (Å²) in [6, 6.07) is 39.7. The number of ether oxygens (including phenoxy) is 1. The lowest BCUT2D eigenvalue weighted by atomic mass is 9.65. The summed E-state index contributed by atoms with van der Waals surface area (Å²) in [5, 5.41) is 3.31. The van der Waals surface area contributed by atoms with E-state index in [-0.39, 0.29) is 12.4 Å². The molecule has 37 heavy (non-hydrogen) atoms. The minimum absolute atomic E-state index is 0. The molecule has 0 amide bonds. The Labute approximate surface area is 226 Å². The fourth-order valence-electron chi connectivity index (χ4n) is 5.51. The fraction of sp³-hybridized carbons (Fsp3) is 0.273. The SMILES string of the molecule is Cl.FC1(CCC(c2ccccc2)(c2ccccc2)c2cccc(OCc3ccccc3)c2)CCNCC1. The molecular formula is C33H35ClFNO. The van der Waals surface area contributed by atoms with Crippen LogP contribution in [0.25, 0.3) is 0 Å². The maximum atomic E-state index is 16.0. The molecule has 4 heteroatoms. The van der Waals surface area contributed by atoms with Gasteiger partial charge in [-0.05, 0) is 73.2 Å². The summed E-state index contributed by atoms with van der Waals surface area (Å²) in [7, 11) is 0. The van der Waals surface area contributed by atoms with E-state index in [9.17, 15) is 0 Å². The highest BCUT2D eigenvalue weighted by molar-refractivity contribution is 5.85. The highest BCUT2D eigenvalue weighted by Crippen LogP contribution is 2.46. The number of hydrogen-bond acceptors (Lipinski definition) is 2. The first-order valence-corrected chi connectivity index (χ1v) is 13.0. The van der Waals surface area contributed by atoms with Crippen LogP contribution < -0.4 is 10.1 Å². The van der Waals surface area contributed by atoms with Crippen LogP contribution in [0.15, 0.2) is 115 Å². The Morgan fingerprint density at radius 3 is 1.84 bits per heavy atom. The highest BCUT2D eigenvalue weighted by atomic mass is 35.5. The van der Waals surface area contributed by atoms with Crippen LogP contribution in [0.5, 0.6) is 5.75 Å². The molecule has 4 aromatic carbocycles. The van der Waals surface area contributed by atoms with Gasteiger partial charge >= 0.3 is 0 Å². The predicted octanol–water partition coefficient (Wildman–Crippen LogP) is 7.89. The van der Waals surface area contributed by atoms with Crippen molar-refractivity contribution in [3.05, 3.63) is 138 Å². The first kappa shape index (κ1) is 26.9. The largest absolute Gasteiger partial charge is 0.489 e. The van der Waals surface area contributed by atoms with E-state index < -0.39 is 11.1 Å². The lowest BCUT2D eigenvalue weighted by Crippen LogP contribution is -2.40. The molecule has 5 rings (SSSR count). The lowest BCUT2D eigenvalue weighted by Gasteiger charge is -2.39. The zero-order chi connectivity index (χ0) is 24.7. The van der Waals surface area contributed by atoms with Gasteiger partial charge in [0, 0.05) is 5.41 Å². The van der Waals surface area contributed by atoms with Crippen molar-refractivity contribution in [2.75, 3.05) is 13.1 Å². The molecule has 0 bridgehead atoms. The summed E-state index contributed by atoms with van der Waals surface area (Å²) >= 11 is 0. The van der Waals surface area contributed by atoms with Gasteiger partial charge in [-0.15, -0.1) is 12.4 Å². The third-order valence-corrected chi connectivity index (χ3v) is 7.56. The third-order valence-electron chi connectivity index (χ3n) is 7.56. The van der Waals surface area contributed by atoms with Gasteiger partial charge in [0.1, 0.15) is 18.0 Å². The molecule has 4 aromatic rings. The number of piperidine rings is 1. The van der Waals surface area contributed by atoms with Gasteiger partial charge in [-0.25, -0.2) is 4.39 Å². The molecular weight excluding hydrogens is 481 g/mol. The minimum atomic E-state index is -1.15. The highest BCUT2D eigenvalue weighted by Gasteiger charge is 2.40. The minimum Gasteiger partial charge on any atom is -0.489 e. The molecule has 2 nitrogen and oxygen atoms in total. The van der Waals surface area contributed by atoms with Crippen molar-refractivity contribution in [3.63, 3.8) is 0 Å². The van der Waals surface area contributed by atoms with Crippen LogP contribution in [-0.4, -0.2) is 18.8 Å². The average Bonchev–Trinajstić information content (AvgIpc) is 2.95. The quantitative estimate of drug-likeness (QED) is 0.229. The van der Waals surface area contributed by atoms with Crippen molar-refractivity contribution in [1.29, 1.82) is 0 Å². The number of alkyl halides is 1. The number of nitrogens with one attached hydrogen (secondary N) is 1. The number of benzene rings is 4. The van der Waals surface area contributed by atoms with Crippen molar-refractivity contribution in [3.8, 4) is 5.75 Å². The van der Waals surface area contributed by atoms with Gasteiger partial charge in [0.05, 0.1) is 0 Å². The van der Waals surface area contributed by atoms with Gasteiger partial charge in [0.2, 0.25) is 0 Å². The van der Waals surface area contributed by atoms with Gasteiger partial charge in [0.25, 0.3) is 0 Å². The van der Waals surface area contributed by atoms with E-state index in [1.54, 1.807) is 0 Å². The van der Waals surface area contributed by atoms with Gasteiger partial charge in [-0.3, -0.25) is 0 Å². The second kappa shape index (κ2) is 12.4. The molecule has 1 N–H and O–H groups in total. The Morgan fingerprint density at radius 2 is 1.24 bits per heavy atom. The second-order valence-corrected chi connectivity index (χ2v) is 9.84. The van der Waals surface area contributed by atoms with Crippen LogP contribution in [0, 0.1) is 0 Å². The van der Waals surface area contributed by atoms with Gasteiger partial charge in [-0.2, -0.15) is 0 Å². The summed E-state index contributed by atoms with van der Waals surface area (Å²) in [6.07, 6.45) is 2.31. The van der Waals surface area contributed by atoms with Crippen molar-refractivity contribution >= 4 is 12.4 Å². The van der Waals surface area contributed by atoms with Crippen LogP contribution in [0.4, 0.5) is 4.39 Å². The predicted molar refractivity (Wildman–Crippen MR) is 152 cm³/mol. The molecule has 0 atom stereocenters. The van der Waals surface area contributed by atoms with Crippen LogP contribution in [0.2, 0.25) is 0 Å². The Hall–Kier alpha value is -3.14. The van der Waals surface area contributed by atoms with Crippen molar-refractivity contribution in [2.24, 2.45) is 0 Å². The Kier molecular flexibility index (Phi) is 9.02. The molecule has 0 saturated carbocycles. The molecule has 1 fully saturated rings. The normalized spacial score (nSPS) is 14.9. The molecule has 0 aliphatic carbocycles. The van der Waals surface area contributed by atoms with E-state index >= 15 is 4.39 Å². The molecule has 1 aliphatic heterocycles. The van der Waals surface area contributed by atoms with E-state index in [2.05, 4.69) is 84.2 Å². The maximum Gasteiger partial charge on any atom is 0.120 e. The monoisotopic (exact) mass is 515 g/mol. The van der Waals surface area contributed by atoms with E-state index in [1.807, 2.05) is 36.4 Å². The Morgan fingerprint density at radius 1 is 0.703 bits per heavy atom. The van der Waals surface area contributed by atoms with Gasteiger partial charge in [0.15, 0.2) is 0 Å². The third kappa shape index (κ3) is 6.23. The summed E-state index contributed by atoms with van der Waals surface area (Å²) in [4.78, 5) is 0. The van der Waals surface area contributed by atoms with Crippen molar-refractivity contribution in [1.82, 2.24) is 5.32 Å². The molecule has 0 aromatic heterocycles. The summed E-state index contributed by atoms with van der Waals surface area (Å²) in [5.41, 5.74) is 2.97. The molecule has 1 saturated heterocycles. The summed E-state index contributed by atoms with van der Waals surface area (Å²) < 4.78 is 22.2. The molecule has 1 aliphatic rings. The van der Waals surface area contributed by atoms with E-state index in [4.69, 9.17) is 4.74 Å². The van der Waals surface area contributed by atoms with E-state index in [0.717, 1.165) is 30.0 Å². The molecule has 0 spiro atoms. The Balaban J connectivity index is 0.00000320. The number of rotatable bonds is 9. The van der Waals surface area contributed by atoms with Crippen LogP contribution >= 0.6 is 12.4 Å². The summed E-state index contributed by atoms with van der Waals surface area (Å²) in [5.74, 6) is 0.824. The van der Waals surface area contributed by atoms with Crippen LogP contribution in [0.3, 0.4) is 0 Å². The smallest absolute Gasteiger partial charge is 0.120 e. The first-order chi connectivity index (χ1) is 17.7. The van der Waals surface area contributed by atoms with Crippen LogP contribution in [-0.2, 0) is 12.0 Å². The van der Waals surface area contributed by atoms with E-state index in [0.29, 0.717) is 32.3 Å². The standard InChI is InChI=1S/C33H34FNO.ClH/c34-32(21-23-35-24-22-32)19-20-33(28-13-6-2-7-14-28,29-15-8-3-9-16-29)30-17-10-18-31(25-30)36-26-27-11-4-1-5-12-27;/h1-18,25,35H,19-24,26H2;1H. The fourth-order valence-corrected chi connectivity index (χ4v) is 5.51. The van der Waals surface area contributed by atoms with Crippen LogP contribution in [0.1, 0.15) is 47.9 Å². The molecule has 0 unspecified atom stereocenters. The van der Waals surface area contributed by atoms with Gasteiger partial charge < -0.3 is 10.1 Å². The van der Waals surface area contributed by atoms with Crippen molar-refractivity contribution in [2.45, 2.75) is 43.4 Å². The zero-order valence-electron chi connectivity index (χ0n) is 21.1. The van der Waals surface area contributed by atoms with Gasteiger partial charge in [-0.1, -0.05) is 103 Å². The number of halogens is 2. The molecule has 1 heterocycles. The Bertz CT molecular complexity index is 1190. The first-order valence-electron chi connectivity index (χ1n) is 13.0. The average molecular weight is 516 g/mol. The number of hydrogen-bond donors (Lipinski definition) is 1. The molecule has 0 radical (unpaired) electrons. The zero-order valence-corrected chi connectivity index (χ0v) is 21.9.